The smallest absolute Gasteiger partial charge is 0.123 e. The highest BCUT2D eigenvalue weighted by Crippen LogP contribution is 2.39. The largest absolute Gasteiger partial charge is 0.508 e. The molecule has 0 aromatic heterocycles. The molecule has 0 unspecified atom stereocenters. The third-order valence-electron chi connectivity index (χ3n) is 7.30. The van der Waals surface area contributed by atoms with Gasteiger partial charge in [0.2, 0.25) is 0 Å². The van der Waals surface area contributed by atoms with Gasteiger partial charge in [0.1, 0.15) is 17.2 Å². The number of hydrogen-bond acceptors (Lipinski definition) is 3. The van der Waals surface area contributed by atoms with Gasteiger partial charge in [0.05, 0.1) is 0 Å². The molecule has 6 aromatic carbocycles. The molecule has 0 aliphatic carbocycles. The topological polar surface area (TPSA) is 60.7 Å². The van der Waals surface area contributed by atoms with Crippen LogP contribution in [0.25, 0.3) is 32.3 Å². The minimum Gasteiger partial charge on any atom is -0.508 e. The maximum atomic E-state index is 11.2. The highest BCUT2D eigenvalue weighted by molar-refractivity contribution is 6.15. The Morgan fingerprint density at radius 1 is 0.459 bits per heavy atom. The van der Waals surface area contributed by atoms with Crippen molar-refractivity contribution in [1.29, 1.82) is 0 Å². The molecule has 3 N–H and O–H groups in total. The first kappa shape index (κ1) is 22.9. The summed E-state index contributed by atoms with van der Waals surface area (Å²) in [6, 6.07) is 29.9. The predicted molar refractivity (Wildman–Crippen MR) is 152 cm³/mol. The normalized spacial score (nSPS) is 11.5. The summed E-state index contributed by atoms with van der Waals surface area (Å²) in [5.41, 5.74) is 5.85. The van der Waals surface area contributed by atoms with E-state index < -0.39 is 0 Å². The molecule has 0 bridgehead atoms. The van der Waals surface area contributed by atoms with Gasteiger partial charge in [0.15, 0.2) is 0 Å². The SMILES string of the molecule is Cc1ccc(O)c(Cc2cc(O)c3cc(Cc4cc(C)ccc4O)c4cc5ccccc5cc4c3c2)c1. The van der Waals surface area contributed by atoms with Gasteiger partial charge in [-0.25, -0.2) is 0 Å². The minimum atomic E-state index is 0.212. The lowest BCUT2D eigenvalue weighted by molar-refractivity contribution is 0.468. The van der Waals surface area contributed by atoms with Gasteiger partial charge in [-0.05, 0) is 105 Å². The lowest BCUT2D eigenvalue weighted by Gasteiger charge is -2.16. The summed E-state index contributed by atoms with van der Waals surface area (Å²) in [5, 5.41) is 38.4. The number of phenols is 3. The zero-order valence-electron chi connectivity index (χ0n) is 20.9. The molecule has 37 heavy (non-hydrogen) atoms. The van der Waals surface area contributed by atoms with Gasteiger partial charge in [-0.3, -0.25) is 0 Å². The number of benzene rings is 6. The van der Waals surface area contributed by atoms with Crippen LogP contribution in [0, 0.1) is 13.8 Å². The van der Waals surface area contributed by atoms with E-state index in [1.807, 2.05) is 50.2 Å². The minimum absolute atomic E-state index is 0.212. The van der Waals surface area contributed by atoms with E-state index in [0.29, 0.717) is 12.8 Å². The van der Waals surface area contributed by atoms with Crippen molar-refractivity contribution in [3.8, 4) is 17.2 Å². The molecule has 0 amide bonds. The second-order valence-electron chi connectivity index (χ2n) is 10.1. The van der Waals surface area contributed by atoms with E-state index in [2.05, 4.69) is 36.4 Å². The van der Waals surface area contributed by atoms with Crippen molar-refractivity contribution in [1.82, 2.24) is 0 Å². The van der Waals surface area contributed by atoms with Gasteiger partial charge in [-0.15, -0.1) is 0 Å². The first-order chi connectivity index (χ1) is 17.9. The van der Waals surface area contributed by atoms with E-state index in [1.165, 1.54) is 0 Å². The van der Waals surface area contributed by atoms with E-state index in [0.717, 1.165) is 65.7 Å². The van der Waals surface area contributed by atoms with Crippen LogP contribution in [-0.2, 0) is 12.8 Å². The number of aryl methyl sites for hydroxylation is 2. The van der Waals surface area contributed by atoms with E-state index in [1.54, 1.807) is 18.2 Å². The Hall–Kier alpha value is -4.50. The average Bonchev–Trinajstić information content (AvgIpc) is 2.88. The van der Waals surface area contributed by atoms with E-state index in [4.69, 9.17) is 0 Å². The fourth-order valence-corrected chi connectivity index (χ4v) is 5.44. The maximum Gasteiger partial charge on any atom is 0.123 e. The van der Waals surface area contributed by atoms with Crippen molar-refractivity contribution in [3.05, 3.63) is 124 Å². The summed E-state index contributed by atoms with van der Waals surface area (Å²) < 4.78 is 0. The van der Waals surface area contributed by atoms with Gasteiger partial charge in [0.25, 0.3) is 0 Å². The van der Waals surface area contributed by atoms with Gasteiger partial charge < -0.3 is 15.3 Å². The maximum absolute atomic E-state index is 11.2. The number of hydrogen-bond donors (Lipinski definition) is 3. The van der Waals surface area contributed by atoms with Crippen LogP contribution in [0.15, 0.2) is 91.0 Å². The number of fused-ring (bicyclic) bond motifs is 4. The Bertz CT molecular complexity index is 1830. The second kappa shape index (κ2) is 8.86. The van der Waals surface area contributed by atoms with Crippen LogP contribution in [0.1, 0.15) is 33.4 Å². The van der Waals surface area contributed by atoms with Crippen LogP contribution < -0.4 is 0 Å². The molecule has 6 rings (SSSR count). The van der Waals surface area contributed by atoms with Crippen molar-refractivity contribution in [2.24, 2.45) is 0 Å². The molecule has 0 saturated heterocycles. The highest BCUT2D eigenvalue weighted by Gasteiger charge is 2.15. The fourth-order valence-electron chi connectivity index (χ4n) is 5.44. The predicted octanol–water partition coefficient (Wildman–Crippen LogP) is 8.06. The monoisotopic (exact) mass is 484 g/mol. The molecule has 6 aromatic rings. The first-order valence-electron chi connectivity index (χ1n) is 12.5. The Morgan fingerprint density at radius 2 is 1.03 bits per heavy atom. The summed E-state index contributed by atoms with van der Waals surface area (Å²) in [7, 11) is 0. The molecule has 0 radical (unpaired) electrons. The number of rotatable bonds is 4. The van der Waals surface area contributed by atoms with E-state index in [9.17, 15) is 15.3 Å². The van der Waals surface area contributed by atoms with E-state index >= 15 is 0 Å². The molecular formula is C34H28O3. The summed E-state index contributed by atoms with van der Waals surface area (Å²) in [6.07, 6.45) is 1.07. The summed E-state index contributed by atoms with van der Waals surface area (Å²) in [4.78, 5) is 0. The lowest BCUT2D eigenvalue weighted by Crippen LogP contribution is -1.95. The molecule has 3 heteroatoms. The van der Waals surface area contributed by atoms with Crippen molar-refractivity contribution < 1.29 is 15.3 Å². The van der Waals surface area contributed by atoms with E-state index in [-0.39, 0.29) is 17.2 Å². The zero-order valence-corrected chi connectivity index (χ0v) is 20.9. The summed E-state index contributed by atoms with van der Waals surface area (Å²) in [5.74, 6) is 0.746. The Balaban J connectivity index is 1.60. The molecule has 0 aliphatic rings. The number of aromatic hydroxyl groups is 3. The molecule has 0 atom stereocenters. The average molecular weight is 485 g/mol. The molecule has 0 aliphatic heterocycles. The first-order valence-corrected chi connectivity index (χ1v) is 12.5. The Labute approximate surface area is 215 Å². The molecule has 0 saturated carbocycles. The van der Waals surface area contributed by atoms with Crippen LogP contribution in [0.2, 0.25) is 0 Å². The Morgan fingerprint density at radius 3 is 1.68 bits per heavy atom. The fraction of sp³-hybridized carbons (Fsp3) is 0.118. The van der Waals surface area contributed by atoms with Crippen LogP contribution in [0.5, 0.6) is 17.2 Å². The number of phenolic OH excluding ortho intramolecular Hbond substituents is 3. The second-order valence-corrected chi connectivity index (χ2v) is 10.1. The van der Waals surface area contributed by atoms with Crippen LogP contribution in [-0.4, -0.2) is 15.3 Å². The van der Waals surface area contributed by atoms with Crippen LogP contribution >= 0.6 is 0 Å². The third-order valence-corrected chi connectivity index (χ3v) is 7.30. The quantitative estimate of drug-likeness (QED) is 0.175. The van der Waals surface area contributed by atoms with Crippen molar-refractivity contribution >= 4 is 32.3 Å². The molecule has 0 spiro atoms. The van der Waals surface area contributed by atoms with Gasteiger partial charge in [-0.2, -0.15) is 0 Å². The molecule has 0 fully saturated rings. The van der Waals surface area contributed by atoms with Gasteiger partial charge in [-0.1, -0.05) is 59.7 Å². The summed E-state index contributed by atoms with van der Waals surface area (Å²) in [6.45, 7) is 4.03. The van der Waals surface area contributed by atoms with Crippen molar-refractivity contribution in [3.63, 3.8) is 0 Å². The molecule has 0 heterocycles. The van der Waals surface area contributed by atoms with Crippen LogP contribution in [0.3, 0.4) is 0 Å². The standard InChI is InChI=1S/C34H28O3/c1-20-7-9-32(35)26(11-20)13-22-14-29-30-18-24-6-4-3-5-23(24)17-28(30)25(19-31(29)34(37)15-22)16-27-12-21(2)8-10-33(27)36/h3-12,14-15,17-19,35-37H,13,16H2,1-2H3. The van der Waals surface area contributed by atoms with Crippen LogP contribution in [0.4, 0.5) is 0 Å². The molecule has 3 nitrogen and oxygen atoms in total. The Kier molecular flexibility index (Phi) is 5.49. The zero-order chi connectivity index (χ0) is 25.7. The van der Waals surface area contributed by atoms with Crippen molar-refractivity contribution in [2.45, 2.75) is 26.7 Å². The molecule has 182 valence electrons. The van der Waals surface area contributed by atoms with Gasteiger partial charge >= 0.3 is 0 Å². The molecular weight excluding hydrogens is 456 g/mol. The van der Waals surface area contributed by atoms with Gasteiger partial charge in [0, 0.05) is 18.2 Å². The van der Waals surface area contributed by atoms with Crippen molar-refractivity contribution in [2.75, 3.05) is 0 Å². The third kappa shape index (κ3) is 4.23. The summed E-state index contributed by atoms with van der Waals surface area (Å²) >= 11 is 0. The lowest BCUT2D eigenvalue weighted by atomic mass is 9.89. The highest BCUT2D eigenvalue weighted by atomic mass is 16.3.